The average Bonchev–Trinajstić information content (AvgIpc) is 3.10. The quantitative estimate of drug-likeness (QED) is 0.351. The number of non-ortho nitro benzene ring substituents is 1. The van der Waals surface area contributed by atoms with Gasteiger partial charge in [0.25, 0.3) is 11.6 Å². The number of hydrogen-bond acceptors (Lipinski definition) is 5. The molecule has 0 N–H and O–H groups in total. The molecular formula is C20H18N2O5. The Balaban J connectivity index is 1.62. The zero-order valence-electron chi connectivity index (χ0n) is 14.7. The number of nitro benzene ring substituents is 1. The SMILES string of the molecule is C[C@H](OC(=O)/C=C/c1cccc([N+](=O)[O-])c1)C(=O)N1CCc2ccccc21. The Morgan fingerprint density at radius 1 is 1.22 bits per heavy atom. The number of benzene rings is 2. The lowest BCUT2D eigenvalue weighted by Crippen LogP contribution is -2.38. The van der Waals surface area contributed by atoms with Gasteiger partial charge in [-0.3, -0.25) is 14.9 Å². The number of ether oxygens (including phenoxy) is 1. The molecule has 0 spiro atoms. The van der Waals surface area contributed by atoms with Crippen molar-refractivity contribution in [2.75, 3.05) is 11.4 Å². The number of nitro groups is 1. The molecule has 1 atom stereocenters. The maximum Gasteiger partial charge on any atom is 0.331 e. The molecule has 0 saturated heterocycles. The van der Waals surface area contributed by atoms with Crippen molar-refractivity contribution in [3.05, 3.63) is 75.8 Å². The van der Waals surface area contributed by atoms with Gasteiger partial charge in [-0.25, -0.2) is 4.79 Å². The summed E-state index contributed by atoms with van der Waals surface area (Å²) in [5.41, 5.74) is 2.36. The third-order valence-corrected chi connectivity index (χ3v) is 4.29. The lowest BCUT2D eigenvalue weighted by atomic mass is 10.2. The highest BCUT2D eigenvalue weighted by Gasteiger charge is 2.29. The summed E-state index contributed by atoms with van der Waals surface area (Å²) < 4.78 is 5.19. The molecule has 0 radical (unpaired) electrons. The first-order chi connectivity index (χ1) is 13.0. The zero-order valence-corrected chi connectivity index (χ0v) is 14.7. The first kappa shape index (κ1) is 18.3. The second-order valence-electron chi connectivity index (χ2n) is 6.13. The fraction of sp³-hybridized carbons (Fsp3) is 0.200. The minimum absolute atomic E-state index is 0.0678. The number of nitrogens with zero attached hydrogens (tertiary/aromatic N) is 2. The molecule has 27 heavy (non-hydrogen) atoms. The smallest absolute Gasteiger partial charge is 0.331 e. The highest BCUT2D eigenvalue weighted by Crippen LogP contribution is 2.28. The summed E-state index contributed by atoms with van der Waals surface area (Å²) in [5.74, 6) is -0.966. The Kier molecular flexibility index (Phi) is 5.30. The van der Waals surface area contributed by atoms with Crippen molar-refractivity contribution < 1.29 is 19.2 Å². The molecule has 0 fully saturated rings. The predicted molar refractivity (Wildman–Crippen MR) is 100 cm³/mol. The molecule has 2 aromatic rings. The molecule has 1 amide bonds. The van der Waals surface area contributed by atoms with E-state index in [1.807, 2.05) is 24.3 Å². The normalized spacial score (nSPS) is 14.0. The van der Waals surface area contributed by atoms with E-state index in [0.29, 0.717) is 12.1 Å². The van der Waals surface area contributed by atoms with Crippen molar-refractivity contribution in [3.8, 4) is 0 Å². The van der Waals surface area contributed by atoms with Crippen LogP contribution in [0.5, 0.6) is 0 Å². The predicted octanol–water partition coefficient (Wildman–Crippen LogP) is 3.13. The van der Waals surface area contributed by atoms with Crippen LogP contribution >= 0.6 is 0 Å². The molecule has 0 aliphatic carbocycles. The number of para-hydroxylation sites is 1. The Morgan fingerprint density at radius 3 is 2.78 bits per heavy atom. The fourth-order valence-corrected chi connectivity index (χ4v) is 2.96. The summed E-state index contributed by atoms with van der Waals surface area (Å²) in [6.45, 7) is 2.09. The van der Waals surface area contributed by atoms with E-state index in [2.05, 4.69) is 0 Å². The van der Waals surface area contributed by atoms with E-state index in [0.717, 1.165) is 23.7 Å². The van der Waals surface area contributed by atoms with Crippen LogP contribution in [0.15, 0.2) is 54.6 Å². The largest absolute Gasteiger partial charge is 0.449 e. The second-order valence-corrected chi connectivity index (χ2v) is 6.13. The summed E-state index contributed by atoms with van der Waals surface area (Å²) in [5, 5.41) is 10.8. The van der Waals surface area contributed by atoms with Gasteiger partial charge in [0.2, 0.25) is 0 Å². The van der Waals surface area contributed by atoms with E-state index < -0.39 is 17.0 Å². The number of carbonyl (C=O) groups excluding carboxylic acids is 2. The summed E-state index contributed by atoms with van der Waals surface area (Å²) in [6, 6.07) is 13.5. The van der Waals surface area contributed by atoms with Gasteiger partial charge < -0.3 is 9.64 Å². The van der Waals surface area contributed by atoms with Crippen LogP contribution in [0, 0.1) is 10.1 Å². The number of rotatable bonds is 5. The van der Waals surface area contributed by atoms with E-state index in [4.69, 9.17) is 4.74 Å². The van der Waals surface area contributed by atoms with Crippen LogP contribution in [0.2, 0.25) is 0 Å². The topological polar surface area (TPSA) is 89.7 Å². The first-order valence-corrected chi connectivity index (χ1v) is 8.48. The average molecular weight is 366 g/mol. The van der Waals surface area contributed by atoms with Crippen LogP contribution in [0.25, 0.3) is 6.08 Å². The van der Waals surface area contributed by atoms with Crippen LogP contribution < -0.4 is 4.90 Å². The molecule has 138 valence electrons. The Bertz CT molecular complexity index is 922. The van der Waals surface area contributed by atoms with E-state index in [1.165, 1.54) is 31.2 Å². The van der Waals surface area contributed by atoms with Gasteiger partial charge in [0.05, 0.1) is 4.92 Å². The molecule has 0 unspecified atom stereocenters. The second kappa shape index (κ2) is 7.82. The van der Waals surface area contributed by atoms with Crippen molar-refractivity contribution in [1.82, 2.24) is 0 Å². The van der Waals surface area contributed by atoms with Crippen molar-refractivity contribution in [3.63, 3.8) is 0 Å². The molecule has 1 aliphatic rings. The monoisotopic (exact) mass is 366 g/mol. The molecule has 2 aromatic carbocycles. The summed E-state index contributed by atoms with van der Waals surface area (Å²) in [7, 11) is 0. The third-order valence-electron chi connectivity index (χ3n) is 4.29. The third kappa shape index (κ3) is 4.20. The fourth-order valence-electron chi connectivity index (χ4n) is 2.96. The van der Waals surface area contributed by atoms with Crippen molar-refractivity contribution in [2.24, 2.45) is 0 Å². The van der Waals surface area contributed by atoms with Crippen LogP contribution in [-0.4, -0.2) is 29.4 Å². The van der Waals surface area contributed by atoms with Crippen LogP contribution in [-0.2, 0) is 20.7 Å². The van der Waals surface area contributed by atoms with E-state index in [9.17, 15) is 19.7 Å². The van der Waals surface area contributed by atoms with Crippen LogP contribution in [0.3, 0.4) is 0 Å². The Morgan fingerprint density at radius 2 is 2.00 bits per heavy atom. The first-order valence-electron chi connectivity index (χ1n) is 8.48. The van der Waals surface area contributed by atoms with Gasteiger partial charge in [-0.1, -0.05) is 30.3 Å². The molecule has 3 rings (SSSR count). The van der Waals surface area contributed by atoms with Gasteiger partial charge in [0.15, 0.2) is 6.10 Å². The molecule has 7 heteroatoms. The molecule has 0 bridgehead atoms. The van der Waals surface area contributed by atoms with Crippen LogP contribution in [0.4, 0.5) is 11.4 Å². The summed E-state index contributed by atoms with van der Waals surface area (Å²) in [4.78, 5) is 36.5. The summed E-state index contributed by atoms with van der Waals surface area (Å²) >= 11 is 0. The van der Waals surface area contributed by atoms with Gasteiger partial charge in [-0.2, -0.15) is 0 Å². The standard InChI is InChI=1S/C20H18N2O5/c1-14(20(24)21-12-11-16-6-2-3-8-18(16)21)27-19(23)10-9-15-5-4-7-17(13-15)22(25)26/h2-10,13-14H,11-12H2,1H3/b10-9+/t14-/m0/s1. The number of carbonyl (C=O) groups is 2. The van der Waals surface area contributed by atoms with Crippen molar-refractivity contribution >= 4 is 29.3 Å². The van der Waals surface area contributed by atoms with Gasteiger partial charge in [-0.05, 0) is 36.6 Å². The molecular weight excluding hydrogens is 348 g/mol. The Labute approximate surface area is 156 Å². The number of hydrogen-bond donors (Lipinski definition) is 0. The minimum Gasteiger partial charge on any atom is -0.449 e. The van der Waals surface area contributed by atoms with Gasteiger partial charge in [-0.15, -0.1) is 0 Å². The van der Waals surface area contributed by atoms with Crippen LogP contribution in [0.1, 0.15) is 18.1 Å². The minimum atomic E-state index is -0.932. The lowest BCUT2D eigenvalue weighted by molar-refractivity contribution is -0.384. The highest BCUT2D eigenvalue weighted by atomic mass is 16.6. The molecule has 1 heterocycles. The Hall–Kier alpha value is -3.48. The number of amides is 1. The van der Waals surface area contributed by atoms with Crippen molar-refractivity contribution in [1.29, 1.82) is 0 Å². The molecule has 0 aromatic heterocycles. The zero-order chi connectivity index (χ0) is 19.4. The number of anilines is 1. The van der Waals surface area contributed by atoms with E-state index in [-0.39, 0.29) is 11.6 Å². The van der Waals surface area contributed by atoms with Crippen molar-refractivity contribution in [2.45, 2.75) is 19.4 Å². The molecule has 0 saturated carbocycles. The maximum absolute atomic E-state index is 12.6. The number of fused-ring (bicyclic) bond motifs is 1. The lowest BCUT2D eigenvalue weighted by Gasteiger charge is -2.21. The molecule has 7 nitrogen and oxygen atoms in total. The van der Waals surface area contributed by atoms with E-state index in [1.54, 1.807) is 11.0 Å². The summed E-state index contributed by atoms with van der Waals surface area (Å²) in [6.07, 6.45) is 2.41. The highest BCUT2D eigenvalue weighted by molar-refractivity contribution is 6.00. The maximum atomic E-state index is 12.6. The van der Waals surface area contributed by atoms with Gasteiger partial charge in [0, 0.05) is 30.4 Å². The van der Waals surface area contributed by atoms with Gasteiger partial charge >= 0.3 is 5.97 Å². The van der Waals surface area contributed by atoms with Gasteiger partial charge in [0.1, 0.15) is 0 Å². The van der Waals surface area contributed by atoms with E-state index >= 15 is 0 Å². The molecule has 1 aliphatic heterocycles. The number of esters is 1.